The van der Waals surface area contributed by atoms with Crippen molar-refractivity contribution in [3.63, 3.8) is 0 Å². The molecule has 18 heavy (non-hydrogen) atoms. The minimum Gasteiger partial charge on any atom is -0.496 e. The minimum atomic E-state index is 0.878. The van der Waals surface area contributed by atoms with Gasteiger partial charge >= 0.3 is 0 Å². The number of ether oxygens (including phenoxy) is 2. The molecule has 0 radical (unpaired) electrons. The summed E-state index contributed by atoms with van der Waals surface area (Å²) >= 11 is 0. The van der Waals surface area contributed by atoms with Crippen molar-refractivity contribution in [1.29, 1.82) is 0 Å². The topological polar surface area (TPSA) is 26.2 Å². The quantitative estimate of drug-likeness (QED) is 0.735. The lowest BCUT2D eigenvalue weighted by molar-refractivity contribution is -0.778. The maximum absolute atomic E-state index is 5.13. The molecule has 0 spiro atoms. The molecule has 0 amide bonds. The summed E-state index contributed by atoms with van der Waals surface area (Å²) in [5.41, 5.74) is 0. The van der Waals surface area contributed by atoms with E-state index in [1.165, 1.54) is 0 Å². The molecular formula is C14H18N2O2+2. The Balaban J connectivity index is 1.93. The van der Waals surface area contributed by atoms with Crippen LogP contribution in [0.1, 0.15) is 0 Å². The molecule has 0 atom stereocenters. The molecule has 0 unspecified atom stereocenters. The molecule has 0 aliphatic carbocycles. The van der Waals surface area contributed by atoms with Gasteiger partial charge in [0.25, 0.3) is 0 Å². The normalized spacial score (nSPS) is 10.1. The molecule has 2 aromatic rings. The number of hydrogen-bond acceptors (Lipinski definition) is 2. The fraction of sp³-hybridized carbons (Fsp3) is 0.286. The van der Waals surface area contributed by atoms with Crippen LogP contribution in [0, 0.1) is 0 Å². The molecule has 2 heterocycles. The summed E-state index contributed by atoms with van der Waals surface area (Å²) in [6.07, 6.45) is 8.07. The zero-order chi connectivity index (χ0) is 12.8. The van der Waals surface area contributed by atoms with Crippen molar-refractivity contribution < 1.29 is 18.6 Å². The summed E-state index contributed by atoms with van der Waals surface area (Å²) in [6.45, 7) is 1.84. The Morgan fingerprint density at radius 2 is 1.06 bits per heavy atom. The second-order valence-electron chi connectivity index (χ2n) is 3.95. The van der Waals surface area contributed by atoms with Crippen molar-refractivity contribution in [2.24, 2.45) is 0 Å². The maximum Gasteiger partial charge on any atom is 0.206 e. The molecule has 0 aromatic carbocycles. The molecule has 0 saturated carbocycles. The third kappa shape index (κ3) is 3.20. The predicted molar refractivity (Wildman–Crippen MR) is 66.4 cm³/mol. The first-order valence-electron chi connectivity index (χ1n) is 5.88. The summed E-state index contributed by atoms with van der Waals surface area (Å²) in [6, 6.07) is 7.83. The van der Waals surface area contributed by atoms with Gasteiger partial charge in [0.2, 0.25) is 13.1 Å². The standard InChI is InChI=1S/C14H18N2O2/c1-17-13-3-7-15(8-4-13)11-12-16-9-5-14(18-2)6-10-16/h3-10H,11-12H2,1-2H3/q+2. The number of rotatable bonds is 5. The Labute approximate surface area is 107 Å². The van der Waals surface area contributed by atoms with Gasteiger partial charge in [-0.05, 0) is 0 Å². The highest BCUT2D eigenvalue weighted by Gasteiger charge is 2.06. The number of methoxy groups -OCH3 is 2. The molecular weight excluding hydrogens is 228 g/mol. The summed E-state index contributed by atoms with van der Waals surface area (Å²) in [5, 5.41) is 0. The van der Waals surface area contributed by atoms with Gasteiger partial charge in [-0.25, -0.2) is 0 Å². The smallest absolute Gasteiger partial charge is 0.206 e. The Bertz CT molecular complexity index is 433. The van der Waals surface area contributed by atoms with Gasteiger partial charge in [0.1, 0.15) is 11.5 Å². The van der Waals surface area contributed by atoms with E-state index >= 15 is 0 Å². The lowest BCUT2D eigenvalue weighted by Gasteiger charge is -1.99. The van der Waals surface area contributed by atoms with Gasteiger partial charge in [0, 0.05) is 24.3 Å². The fourth-order valence-electron chi connectivity index (χ4n) is 1.69. The van der Waals surface area contributed by atoms with Crippen molar-refractivity contribution in [3.8, 4) is 11.5 Å². The number of nitrogens with zero attached hydrogens (tertiary/aromatic N) is 2. The number of aryl methyl sites for hydroxylation is 2. The minimum absolute atomic E-state index is 0.878. The highest BCUT2D eigenvalue weighted by molar-refractivity contribution is 5.14. The molecule has 0 saturated heterocycles. The lowest BCUT2D eigenvalue weighted by atomic mass is 10.4. The lowest BCUT2D eigenvalue weighted by Crippen LogP contribution is -2.43. The van der Waals surface area contributed by atoms with E-state index in [2.05, 4.69) is 9.13 Å². The first-order valence-corrected chi connectivity index (χ1v) is 5.88. The SMILES string of the molecule is COc1cc[n+](CC[n+]2ccc(OC)cc2)cc1. The number of pyridine rings is 2. The van der Waals surface area contributed by atoms with E-state index in [0.29, 0.717) is 0 Å². The van der Waals surface area contributed by atoms with E-state index in [9.17, 15) is 0 Å². The zero-order valence-corrected chi connectivity index (χ0v) is 10.7. The highest BCUT2D eigenvalue weighted by atomic mass is 16.5. The van der Waals surface area contributed by atoms with Crippen LogP contribution in [0.15, 0.2) is 49.1 Å². The van der Waals surface area contributed by atoms with Gasteiger partial charge < -0.3 is 9.47 Å². The zero-order valence-electron chi connectivity index (χ0n) is 10.7. The van der Waals surface area contributed by atoms with Crippen molar-refractivity contribution in [2.45, 2.75) is 13.1 Å². The van der Waals surface area contributed by atoms with Crippen molar-refractivity contribution >= 4 is 0 Å². The molecule has 94 valence electrons. The van der Waals surface area contributed by atoms with Crippen molar-refractivity contribution in [3.05, 3.63) is 49.1 Å². The number of aromatic nitrogens is 2. The van der Waals surface area contributed by atoms with Gasteiger partial charge in [-0.3, -0.25) is 0 Å². The largest absolute Gasteiger partial charge is 0.496 e. The fourth-order valence-corrected chi connectivity index (χ4v) is 1.69. The van der Waals surface area contributed by atoms with Crippen molar-refractivity contribution in [1.82, 2.24) is 0 Å². The predicted octanol–water partition coefficient (Wildman–Crippen LogP) is 0.979. The van der Waals surface area contributed by atoms with Gasteiger partial charge in [-0.15, -0.1) is 0 Å². The van der Waals surface area contributed by atoms with E-state index in [4.69, 9.17) is 9.47 Å². The van der Waals surface area contributed by atoms with Crippen LogP contribution < -0.4 is 18.6 Å². The van der Waals surface area contributed by atoms with E-state index in [1.807, 2.05) is 49.1 Å². The van der Waals surface area contributed by atoms with Crippen LogP contribution in [-0.2, 0) is 13.1 Å². The van der Waals surface area contributed by atoms with E-state index < -0.39 is 0 Å². The molecule has 0 aliphatic rings. The van der Waals surface area contributed by atoms with Crippen LogP contribution in [0.5, 0.6) is 11.5 Å². The van der Waals surface area contributed by atoms with Crippen LogP contribution in [0.2, 0.25) is 0 Å². The van der Waals surface area contributed by atoms with Crippen LogP contribution in [0.3, 0.4) is 0 Å². The van der Waals surface area contributed by atoms with Gasteiger partial charge in [-0.2, -0.15) is 9.13 Å². The van der Waals surface area contributed by atoms with E-state index in [-0.39, 0.29) is 0 Å². The average Bonchev–Trinajstić information content (AvgIpc) is 2.46. The monoisotopic (exact) mass is 246 g/mol. The summed E-state index contributed by atoms with van der Waals surface area (Å²) in [4.78, 5) is 0. The van der Waals surface area contributed by atoms with E-state index in [1.54, 1.807) is 14.2 Å². The Morgan fingerprint density at radius 1 is 0.722 bits per heavy atom. The maximum atomic E-state index is 5.13. The second-order valence-corrected chi connectivity index (χ2v) is 3.95. The number of hydrogen-bond donors (Lipinski definition) is 0. The molecule has 4 heteroatoms. The molecule has 0 aliphatic heterocycles. The summed E-state index contributed by atoms with van der Waals surface area (Å²) in [5.74, 6) is 1.76. The van der Waals surface area contributed by atoms with Gasteiger partial charge in [0.15, 0.2) is 24.8 Å². The summed E-state index contributed by atoms with van der Waals surface area (Å²) in [7, 11) is 3.35. The third-order valence-electron chi connectivity index (χ3n) is 2.81. The van der Waals surface area contributed by atoms with Crippen LogP contribution >= 0.6 is 0 Å². The van der Waals surface area contributed by atoms with Gasteiger partial charge in [0.05, 0.1) is 14.2 Å². The summed E-state index contributed by atoms with van der Waals surface area (Å²) < 4.78 is 14.5. The molecule has 2 aromatic heterocycles. The molecule has 0 fully saturated rings. The molecule has 2 rings (SSSR count). The molecule has 0 N–H and O–H groups in total. The third-order valence-corrected chi connectivity index (χ3v) is 2.81. The van der Waals surface area contributed by atoms with Gasteiger partial charge in [-0.1, -0.05) is 0 Å². The van der Waals surface area contributed by atoms with Crippen LogP contribution in [0.25, 0.3) is 0 Å². The Morgan fingerprint density at radius 3 is 1.33 bits per heavy atom. The van der Waals surface area contributed by atoms with Crippen LogP contribution in [-0.4, -0.2) is 14.2 Å². The average molecular weight is 246 g/mol. The highest BCUT2D eigenvalue weighted by Crippen LogP contribution is 2.04. The second kappa shape index (κ2) is 6.00. The molecule has 4 nitrogen and oxygen atoms in total. The first-order chi connectivity index (χ1) is 8.81. The molecule has 0 bridgehead atoms. The van der Waals surface area contributed by atoms with Crippen LogP contribution in [0.4, 0.5) is 0 Å². The first kappa shape index (κ1) is 12.4. The Hall–Kier alpha value is -2.10. The Kier molecular flexibility index (Phi) is 4.12. The van der Waals surface area contributed by atoms with E-state index in [0.717, 1.165) is 24.6 Å². The van der Waals surface area contributed by atoms with Crippen molar-refractivity contribution in [2.75, 3.05) is 14.2 Å².